The molecule has 190 valence electrons. The molecule has 0 heterocycles. The molecule has 0 saturated heterocycles. The normalized spacial score (nSPS) is 10.0. The van der Waals surface area contributed by atoms with E-state index in [0.717, 1.165) is 11.1 Å². The molecule has 0 saturated carbocycles. The number of non-ortho nitro benzene ring substituents is 1. The number of nitrogens with zero attached hydrogens (tertiary/aromatic N) is 1. The molecule has 3 rings (SSSR count). The molecule has 0 radical (unpaired) electrons. The summed E-state index contributed by atoms with van der Waals surface area (Å²) in [6, 6.07) is 14.9. The van der Waals surface area contributed by atoms with Gasteiger partial charge in [0, 0.05) is 12.1 Å². The Kier molecular flexibility index (Phi) is 10.6. The van der Waals surface area contributed by atoms with Gasteiger partial charge in [-0.1, -0.05) is 18.2 Å². The number of nitro groups is 1. The fourth-order valence-corrected chi connectivity index (χ4v) is 3.03. The fourth-order valence-electron chi connectivity index (χ4n) is 3.03. The van der Waals surface area contributed by atoms with Crippen molar-refractivity contribution < 1.29 is 38.1 Å². The highest BCUT2D eigenvalue weighted by atomic mass is 16.6. The minimum atomic E-state index is -0.445. The van der Waals surface area contributed by atoms with Gasteiger partial charge in [0.25, 0.3) is 12.2 Å². The lowest BCUT2D eigenvalue weighted by atomic mass is 10.1. The second-order valence-electron chi connectivity index (χ2n) is 6.87. The van der Waals surface area contributed by atoms with Crippen LogP contribution in [0.25, 0.3) is 12.2 Å². The first-order chi connectivity index (χ1) is 17.4. The van der Waals surface area contributed by atoms with Gasteiger partial charge in [0.1, 0.15) is 5.75 Å². The number of benzene rings is 3. The summed E-state index contributed by atoms with van der Waals surface area (Å²) < 4.78 is 30.9. The average molecular weight is 498 g/mol. The van der Waals surface area contributed by atoms with E-state index in [0.29, 0.717) is 41.0 Å². The van der Waals surface area contributed by atoms with E-state index in [-0.39, 0.29) is 5.69 Å². The van der Waals surface area contributed by atoms with Gasteiger partial charge in [-0.2, -0.15) is 0 Å². The number of rotatable bonds is 10. The first kappa shape index (κ1) is 27.5. The lowest BCUT2D eigenvalue weighted by Crippen LogP contribution is -1.95. The maximum Gasteiger partial charge on any atom is 0.298 e. The number of carbonyl (C=O) groups is 1. The third-order valence-electron chi connectivity index (χ3n) is 4.80. The van der Waals surface area contributed by atoms with Crippen molar-refractivity contribution >= 4 is 24.3 Å². The largest absolute Gasteiger partial charge is 0.497 e. The Bertz CT molecular complexity index is 1170. The summed E-state index contributed by atoms with van der Waals surface area (Å²) in [5.74, 6) is 3.13. The summed E-state index contributed by atoms with van der Waals surface area (Å²) >= 11 is 0. The van der Waals surface area contributed by atoms with E-state index in [2.05, 4.69) is 0 Å². The van der Waals surface area contributed by atoms with Crippen LogP contribution in [0.15, 0.2) is 54.6 Å². The van der Waals surface area contributed by atoms with E-state index >= 15 is 0 Å². The summed E-state index contributed by atoms with van der Waals surface area (Å²) in [6.07, 6.45) is 3.76. The monoisotopic (exact) mass is 497 g/mol. The van der Waals surface area contributed by atoms with Crippen LogP contribution in [0.1, 0.15) is 11.1 Å². The molecular formula is C26H27NO9. The molecule has 0 aromatic heterocycles. The van der Waals surface area contributed by atoms with Gasteiger partial charge < -0.3 is 28.4 Å². The number of carbonyl (C=O) groups excluding carboxylic acids is 1. The van der Waals surface area contributed by atoms with Gasteiger partial charge >= 0.3 is 0 Å². The molecule has 0 bridgehead atoms. The van der Waals surface area contributed by atoms with E-state index in [1.165, 1.54) is 26.4 Å². The molecule has 10 nitrogen and oxygen atoms in total. The van der Waals surface area contributed by atoms with E-state index in [4.69, 9.17) is 28.4 Å². The summed E-state index contributed by atoms with van der Waals surface area (Å²) in [5, 5.41) is 10.2. The maximum absolute atomic E-state index is 10.6. The van der Waals surface area contributed by atoms with Crippen LogP contribution >= 0.6 is 0 Å². The van der Waals surface area contributed by atoms with Gasteiger partial charge in [-0.3, -0.25) is 14.9 Å². The highest BCUT2D eigenvalue weighted by molar-refractivity contribution is 5.74. The Balaban J connectivity index is 0.000000346. The Hall–Kier alpha value is -4.73. The fraction of sp³-hybridized carbons (Fsp3) is 0.192. The maximum atomic E-state index is 10.6. The zero-order chi connectivity index (χ0) is 26.5. The molecule has 3 aromatic carbocycles. The molecule has 0 spiro atoms. The first-order valence-corrected chi connectivity index (χ1v) is 10.5. The molecule has 0 unspecified atom stereocenters. The van der Waals surface area contributed by atoms with Crippen LogP contribution in [-0.2, 0) is 4.79 Å². The van der Waals surface area contributed by atoms with Crippen molar-refractivity contribution in [2.45, 2.75) is 0 Å². The van der Waals surface area contributed by atoms with Crippen molar-refractivity contribution in [3.05, 3.63) is 75.8 Å². The molecular weight excluding hydrogens is 470 g/mol. The zero-order valence-electron chi connectivity index (χ0n) is 20.5. The molecule has 0 aliphatic rings. The number of nitro benzene ring substituents is 1. The van der Waals surface area contributed by atoms with Crippen molar-refractivity contribution in [1.82, 2.24) is 0 Å². The molecule has 0 aliphatic heterocycles. The molecule has 0 atom stereocenters. The lowest BCUT2D eigenvalue weighted by molar-refractivity contribution is -0.384. The van der Waals surface area contributed by atoms with Crippen molar-refractivity contribution in [2.75, 3.05) is 35.5 Å². The van der Waals surface area contributed by atoms with Gasteiger partial charge in [-0.05, 0) is 47.5 Å². The van der Waals surface area contributed by atoms with E-state index in [1.807, 2.05) is 30.4 Å². The highest BCUT2D eigenvalue weighted by Crippen LogP contribution is 2.38. The van der Waals surface area contributed by atoms with Gasteiger partial charge in [0.2, 0.25) is 5.75 Å². The van der Waals surface area contributed by atoms with E-state index in [9.17, 15) is 14.9 Å². The van der Waals surface area contributed by atoms with Gasteiger partial charge in [-0.15, -0.1) is 0 Å². The van der Waals surface area contributed by atoms with Crippen LogP contribution in [0.4, 0.5) is 5.69 Å². The van der Waals surface area contributed by atoms with Crippen LogP contribution in [0.2, 0.25) is 0 Å². The smallest absolute Gasteiger partial charge is 0.298 e. The van der Waals surface area contributed by atoms with Crippen LogP contribution in [-0.4, -0.2) is 46.9 Å². The quantitative estimate of drug-likeness (QED) is 0.165. The first-order valence-electron chi connectivity index (χ1n) is 10.5. The topological polar surface area (TPSA) is 116 Å². The van der Waals surface area contributed by atoms with Crippen LogP contribution in [0.3, 0.4) is 0 Å². The predicted molar refractivity (Wildman–Crippen MR) is 134 cm³/mol. The van der Waals surface area contributed by atoms with E-state index in [1.54, 1.807) is 45.6 Å². The zero-order valence-corrected chi connectivity index (χ0v) is 20.5. The highest BCUT2D eigenvalue weighted by Gasteiger charge is 2.12. The molecule has 0 N–H and O–H groups in total. The Morgan fingerprint density at radius 3 is 1.69 bits per heavy atom. The predicted octanol–water partition coefficient (Wildman–Crippen LogP) is 5.03. The molecule has 0 aliphatic carbocycles. The summed E-state index contributed by atoms with van der Waals surface area (Å²) in [4.78, 5) is 20.3. The van der Waals surface area contributed by atoms with Gasteiger partial charge in [0.05, 0.1) is 40.5 Å². The Morgan fingerprint density at radius 2 is 1.22 bits per heavy atom. The van der Waals surface area contributed by atoms with Crippen molar-refractivity contribution in [3.8, 4) is 34.5 Å². The summed E-state index contributed by atoms with van der Waals surface area (Å²) in [7, 11) is 7.72. The van der Waals surface area contributed by atoms with Gasteiger partial charge in [-0.25, -0.2) is 0 Å². The van der Waals surface area contributed by atoms with Crippen molar-refractivity contribution in [2.24, 2.45) is 0 Å². The second kappa shape index (κ2) is 13.9. The number of ether oxygens (including phenoxy) is 6. The average Bonchev–Trinajstić information content (AvgIpc) is 2.91. The van der Waals surface area contributed by atoms with Crippen molar-refractivity contribution in [1.29, 1.82) is 0 Å². The Labute approximate surface area is 208 Å². The second-order valence-corrected chi connectivity index (χ2v) is 6.87. The molecule has 0 amide bonds. The van der Waals surface area contributed by atoms with Crippen LogP contribution in [0.5, 0.6) is 34.5 Å². The van der Waals surface area contributed by atoms with Crippen LogP contribution < -0.4 is 28.4 Å². The number of methoxy groups -OCH3 is 5. The molecule has 10 heteroatoms. The van der Waals surface area contributed by atoms with E-state index < -0.39 is 4.92 Å². The Morgan fingerprint density at radius 1 is 0.667 bits per heavy atom. The number of hydrogen-bond acceptors (Lipinski definition) is 9. The van der Waals surface area contributed by atoms with Gasteiger partial charge in [0.15, 0.2) is 23.0 Å². The minimum absolute atomic E-state index is 0.0748. The molecule has 3 aromatic rings. The minimum Gasteiger partial charge on any atom is -0.497 e. The lowest BCUT2D eigenvalue weighted by Gasteiger charge is -2.12. The number of hydrogen-bond donors (Lipinski definition) is 0. The summed E-state index contributed by atoms with van der Waals surface area (Å²) in [5.41, 5.74) is 1.78. The third-order valence-corrected chi connectivity index (χ3v) is 4.80. The SMILES string of the molecule is COc1ccc(/C=C\c2cc(OC)c(OC)c(OC)c2)cc1OC=O.COc1ccc([N+](=O)[O-])cc1. The molecule has 0 fully saturated rings. The molecule has 36 heavy (non-hydrogen) atoms. The van der Waals surface area contributed by atoms with Crippen LogP contribution in [0, 0.1) is 10.1 Å². The third kappa shape index (κ3) is 7.39. The standard InChI is InChI=1S/C19H20O6.C7H7NO3/c1-21-15-8-7-13(9-16(15)25-12-20)5-6-14-10-17(22-2)19(24-4)18(11-14)23-3;1-11-7-4-2-6(3-5-7)8(9)10/h5-12H,1-4H3;2-5H,1H3/b6-5-;. The summed E-state index contributed by atoms with van der Waals surface area (Å²) in [6.45, 7) is 0.366. The van der Waals surface area contributed by atoms with Crippen molar-refractivity contribution in [3.63, 3.8) is 0 Å².